The number of amides is 1. The molecule has 5 heterocycles. The molecular formula is C24H27FN6O5S. The van der Waals surface area contributed by atoms with E-state index in [9.17, 15) is 13.4 Å². The van der Waals surface area contributed by atoms with Crippen molar-refractivity contribution in [3.8, 4) is 5.75 Å². The van der Waals surface area contributed by atoms with Crippen LogP contribution in [0.25, 0.3) is 5.52 Å². The van der Waals surface area contributed by atoms with E-state index in [1.807, 2.05) is 0 Å². The summed E-state index contributed by atoms with van der Waals surface area (Å²) in [6.07, 6.45) is 3.14. The van der Waals surface area contributed by atoms with Gasteiger partial charge < -0.3 is 24.8 Å². The Morgan fingerprint density at radius 1 is 1.32 bits per heavy atom. The number of carbonyl (C=O) groups is 1. The quantitative estimate of drug-likeness (QED) is 0.509. The molecule has 2 N–H and O–H groups in total. The van der Waals surface area contributed by atoms with Gasteiger partial charge in [-0.1, -0.05) is 0 Å². The second kappa shape index (κ2) is 9.63. The van der Waals surface area contributed by atoms with Crippen molar-refractivity contribution in [3.05, 3.63) is 47.7 Å². The molecule has 0 bridgehead atoms. The highest BCUT2D eigenvalue weighted by Gasteiger charge is 2.43. The highest BCUT2D eigenvalue weighted by Crippen LogP contribution is 2.35. The Morgan fingerprint density at radius 2 is 2.16 bits per heavy atom. The number of hydrogen-bond donors (Lipinski definition) is 2. The summed E-state index contributed by atoms with van der Waals surface area (Å²) in [5, 5.41) is 10.6. The lowest BCUT2D eigenvalue weighted by Crippen LogP contribution is -2.36. The summed E-state index contributed by atoms with van der Waals surface area (Å²) in [6, 6.07) is 4.19. The fraction of sp³-hybridized carbons (Fsp3) is 0.458. The van der Waals surface area contributed by atoms with E-state index in [2.05, 4.69) is 25.1 Å². The van der Waals surface area contributed by atoms with E-state index < -0.39 is 21.5 Å². The van der Waals surface area contributed by atoms with Gasteiger partial charge in [-0.05, 0) is 31.0 Å². The van der Waals surface area contributed by atoms with Crippen LogP contribution in [0, 0.1) is 12.7 Å². The number of nitrogens with zero attached hydrogens (tertiary/aromatic N) is 4. The van der Waals surface area contributed by atoms with Crippen molar-refractivity contribution in [1.29, 1.82) is 0 Å². The molecule has 3 aromatic rings. The molecule has 3 aliphatic heterocycles. The lowest BCUT2D eigenvalue weighted by Gasteiger charge is -2.20. The molecule has 11 nitrogen and oxygen atoms in total. The molecule has 2 aromatic heterocycles. The number of aromatic nitrogens is 3. The topological polar surface area (TPSA) is 128 Å². The molecule has 6 rings (SSSR count). The summed E-state index contributed by atoms with van der Waals surface area (Å²) in [5.74, 6) is 0.371. The Balaban J connectivity index is 1.32. The molecule has 3 saturated heterocycles. The third-order valence-corrected chi connectivity index (χ3v) is 9.08. The number of nitrogens with one attached hydrogen (secondary N) is 2. The molecule has 37 heavy (non-hydrogen) atoms. The monoisotopic (exact) mass is 530 g/mol. The van der Waals surface area contributed by atoms with Crippen molar-refractivity contribution in [3.63, 3.8) is 0 Å². The Bertz CT molecular complexity index is 1470. The molecule has 0 saturated carbocycles. The van der Waals surface area contributed by atoms with Gasteiger partial charge in [0.1, 0.15) is 29.5 Å². The molecule has 3 atom stereocenters. The first-order valence-corrected chi connectivity index (χ1v) is 14.0. The largest absolute Gasteiger partial charge is 0.483 e. The first-order valence-electron chi connectivity index (χ1n) is 12.2. The number of anilines is 2. The second-order valence-corrected chi connectivity index (χ2v) is 11.9. The van der Waals surface area contributed by atoms with Crippen molar-refractivity contribution in [2.75, 3.05) is 43.1 Å². The minimum absolute atomic E-state index is 0.0128. The van der Waals surface area contributed by atoms with Crippen molar-refractivity contribution >= 4 is 32.7 Å². The molecule has 0 aliphatic carbocycles. The van der Waals surface area contributed by atoms with Crippen molar-refractivity contribution in [1.82, 2.24) is 19.9 Å². The molecule has 0 radical (unpaired) electrons. The van der Waals surface area contributed by atoms with Crippen LogP contribution >= 0.6 is 0 Å². The van der Waals surface area contributed by atoms with Gasteiger partial charge in [0.15, 0.2) is 11.9 Å². The van der Waals surface area contributed by atoms with Crippen LogP contribution in [0.1, 0.15) is 22.3 Å². The third-order valence-electron chi connectivity index (χ3n) is 6.90. The maximum Gasteiger partial charge on any atom is 0.287 e. The van der Waals surface area contributed by atoms with Gasteiger partial charge in [0.2, 0.25) is 0 Å². The fourth-order valence-corrected chi connectivity index (χ4v) is 6.68. The van der Waals surface area contributed by atoms with Gasteiger partial charge >= 0.3 is 0 Å². The van der Waals surface area contributed by atoms with Gasteiger partial charge in [-0.2, -0.15) is 9.46 Å². The SMILES string of the molecule is Cc1c(C(=O)N=S2(=O)CCNCC2)cn2ncnc(Nc3ccc(F)cc3O[C@@H]3CO[C@@H]4CCO[C@@H]43)c12. The third kappa shape index (κ3) is 4.67. The summed E-state index contributed by atoms with van der Waals surface area (Å²) in [7, 11) is -2.60. The maximum absolute atomic E-state index is 14.2. The van der Waals surface area contributed by atoms with E-state index >= 15 is 0 Å². The Labute approximate surface area is 212 Å². The molecular weight excluding hydrogens is 503 g/mol. The fourth-order valence-electron chi connectivity index (χ4n) is 4.97. The number of ether oxygens (including phenoxy) is 3. The Kier molecular flexibility index (Phi) is 6.31. The van der Waals surface area contributed by atoms with Gasteiger partial charge in [0, 0.05) is 43.5 Å². The van der Waals surface area contributed by atoms with Crippen LogP contribution in [-0.2, 0) is 19.2 Å². The first kappa shape index (κ1) is 24.2. The van der Waals surface area contributed by atoms with Crippen LogP contribution in [0.4, 0.5) is 15.9 Å². The highest BCUT2D eigenvalue weighted by molar-refractivity contribution is 7.94. The molecule has 196 valence electrons. The molecule has 0 spiro atoms. The molecule has 0 unspecified atom stereocenters. The van der Waals surface area contributed by atoms with Crippen LogP contribution in [0.5, 0.6) is 5.75 Å². The number of hydrogen-bond acceptors (Lipinski definition) is 9. The average molecular weight is 531 g/mol. The van der Waals surface area contributed by atoms with E-state index in [0.29, 0.717) is 71.7 Å². The maximum atomic E-state index is 14.2. The lowest BCUT2D eigenvalue weighted by molar-refractivity contribution is 0.0310. The van der Waals surface area contributed by atoms with Crippen molar-refractivity contribution in [2.45, 2.75) is 31.7 Å². The summed E-state index contributed by atoms with van der Waals surface area (Å²) in [5.41, 5.74) is 1.91. The van der Waals surface area contributed by atoms with Crippen molar-refractivity contribution in [2.24, 2.45) is 4.36 Å². The average Bonchev–Trinajstić information content (AvgIpc) is 3.57. The van der Waals surface area contributed by atoms with Crippen LogP contribution in [0.15, 0.2) is 35.1 Å². The van der Waals surface area contributed by atoms with Gasteiger partial charge in [0.25, 0.3) is 5.91 Å². The van der Waals surface area contributed by atoms with E-state index in [0.717, 1.165) is 6.42 Å². The van der Waals surface area contributed by atoms with Gasteiger partial charge in [-0.3, -0.25) is 4.79 Å². The number of benzene rings is 1. The van der Waals surface area contributed by atoms with Gasteiger partial charge in [0.05, 0.1) is 33.7 Å². The number of fused-ring (bicyclic) bond motifs is 2. The van der Waals surface area contributed by atoms with Crippen molar-refractivity contribution < 1.29 is 27.6 Å². The van der Waals surface area contributed by atoms with Crippen LogP contribution < -0.4 is 15.4 Å². The summed E-state index contributed by atoms with van der Waals surface area (Å²) < 4.78 is 50.4. The minimum Gasteiger partial charge on any atom is -0.483 e. The zero-order chi connectivity index (χ0) is 25.6. The molecule has 3 aliphatic rings. The molecule has 1 amide bonds. The normalized spacial score (nSPS) is 24.6. The van der Waals surface area contributed by atoms with E-state index in [1.54, 1.807) is 19.2 Å². The van der Waals surface area contributed by atoms with Crippen LogP contribution in [0.3, 0.4) is 0 Å². The number of aryl methyl sites for hydroxylation is 1. The standard InChI is InChI=1S/C24H27FN6O5S/c1-14-16(24(32)30-37(33)8-5-26-6-9-37)11-31-21(14)23(27-13-28-31)29-17-3-2-15(25)10-19(17)36-20-12-35-18-4-7-34-22(18)20/h2-3,10-11,13,18,20,22,26H,4-9,12H2,1H3,(H,27,28,29)/t18-,20-,22+/m1/s1. The predicted octanol–water partition coefficient (Wildman–Crippen LogP) is 2.07. The smallest absolute Gasteiger partial charge is 0.287 e. The zero-order valence-electron chi connectivity index (χ0n) is 20.2. The number of carbonyl (C=O) groups excluding carboxylic acids is 1. The second-order valence-electron chi connectivity index (χ2n) is 9.31. The molecule has 1 aromatic carbocycles. The van der Waals surface area contributed by atoms with Crippen LogP contribution in [0.2, 0.25) is 0 Å². The highest BCUT2D eigenvalue weighted by atomic mass is 32.2. The number of rotatable bonds is 5. The van der Waals surface area contributed by atoms with E-state index in [4.69, 9.17) is 14.2 Å². The zero-order valence-corrected chi connectivity index (χ0v) is 21.0. The van der Waals surface area contributed by atoms with Gasteiger partial charge in [-0.25, -0.2) is 18.1 Å². The first-order chi connectivity index (χ1) is 17.9. The van der Waals surface area contributed by atoms with Crippen LogP contribution in [-0.4, -0.2) is 80.8 Å². The van der Waals surface area contributed by atoms with Gasteiger partial charge in [-0.15, -0.1) is 0 Å². The summed E-state index contributed by atoms with van der Waals surface area (Å²) in [4.78, 5) is 17.4. The molecule has 3 fully saturated rings. The Morgan fingerprint density at radius 3 is 3.00 bits per heavy atom. The van der Waals surface area contributed by atoms with E-state index in [1.165, 1.54) is 23.0 Å². The summed E-state index contributed by atoms with van der Waals surface area (Å²) >= 11 is 0. The van der Waals surface area contributed by atoms with E-state index in [-0.39, 0.29) is 18.3 Å². The lowest BCUT2D eigenvalue weighted by atomic mass is 10.1. The number of halogens is 1. The Hall–Kier alpha value is -3.13. The minimum atomic E-state index is -2.60. The summed E-state index contributed by atoms with van der Waals surface area (Å²) in [6.45, 7) is 3.85. The molecule has 13 heteroatoms. The predicted molar refractivity (Wildman–Crippen MR) is 133 cm³/mol.